The van der Waals surface area contributed by atoms with E-state index in [9.17, 15) is 19.4 Å². The Balaban J connectivity index is 1.80. The van der Waals surface area contributed by atoms with E-state index in [1.807, 2.05) is 0 Å². The summed E-state index contributed by atoms with van der Waals surface area (Å²) < 4.78 is 37.7. The van der Waals surface area contributed by atoms with Crippen molar-refractivity contribution in [2.75, 3.05) is 12.3 Å². The molecule has 1 saturated heterocycles. The van der Waals surface area contributed by atoms with Crippen LogP contribution in [0.25, 0.3) is 0 Å². The van der Waals surface area contributed by atoms with Crippen molar-refractivity contribution in [1.29, 1.82) is 5.26 Å². The number of ether oxygens (including phenoxy) is 2. The number of hydrogen-bond acceptors (Lipinski definition) is 10. The maximum absolute atomic E-state index is 13.8. The van der Waals surface area contributed by atoms with E-state index in [2.05, 4.69) is 16.1 Å². The average molecular weight is 534 g/mol. The van der Waals surface area contributed by atoms with Crippen LogP contribution in [0.1, 0.15) is 46.8 Å². The molecule has 200 valence electrons. The van der Waals surface area contributed by atoms with Crippen LogP contribution in [-0.4, -0.2) is 40.4 Å². The number of benzene rings is 1. The van der Waals surface area contributed by atoms with Crippen LogP contribution in [-0.2, 0) is 23.4 Å². The predicted octanol–water partition coefficient (Wildman–Crippen LogP) is 3.17. The fourth-order valence-electron chi connectivity index (χ4n) is 3.84. The average Bonchev–Trinajstić information content (AvgIpc) is 3.18. The number of esters is 1. The number of anilines is 1. The zero-order chi connectivity index (χ0) is 27.2. The molecule has 3 rings (SSSR count). The summed E-state index contributed by atoms with van der Waals surface area (Å²) in [7, 11) is -4.13. The molecule has 0 bridgehead atoms. The van der Waals surface area contributed by atoms with E-state index in [0.717, 1.165) is 0 Å². The molecule has 0 radical (unpaired) electrons. The smallest absolute Gasteiger partial charge is 0.459 e. The fraction of sp³-hybridized carbons (Fsp3) is 0.500. The van der Waals surface area contributed by atoms with E-state index in [1.54, 1.807) is 58.0 Å². The SMILES string of the molecule is CCC(NP(=O)(OCC1CC(C)(C#N)C(n2ccc(N)nc2=O)O1)Oc1ccccc1)C(=O)OC(C)C. The lowest BCUT2D eigenvalue weighted by Gasteiger charge is -2.25. The van der Waals surface area contributed by atoms with Crippen molar-refractivity contribution in [3.63, 3.8) is 0 Å². The van der Waals surface area contributed by atoms with Gasteiger partial charge in [0.25, 0.3) is 0 Å². The second-order valence-corrected chi connectivity index (χ2v) is 10.9. The highest BCUT2D eigenvalue weighted by Crippen LogP contribution is 2.48. The largest absolute Gasteiger partial charge is 0.462 e. The molecule has 0 amide bonds. The van der Waals surface area contributed by atoms with E-state index in [1.165, 1.54) is 16.8 Å². The van der Waals surface area contributed by atoms with E-state index < -0.39 is 43.2 Å². The summed E-state index contributed by atoms with van der Waals surface area (Å²) in [6.45, 7) is 6.55. The van der Waals surface area contributed by atoms with Crippen LogP contribution in [0.5, 0.6) is 5.75 Å². The Kier molecular flexibility index (Phi) is 9.10. The van der Waals surface area contributed by atoms with Crippen LogP contribution < -0.4 is 21.0 Å². The summed E-state index contributed by atoms with van der Waals surface area (Å²) in [6, 6.07) is 11.0. The van der Waals surface area contributed by atoms with Crippen LogP contribution in [0.2, 0.25) is 0 Å². The summed E-state index contributed by atoms with van der Waals surface area (Å²) in [5.74, 6) is -0.288. The maximum Gasteiger partial charge on any atom is 0.459 e. The number of nitrogen functional groups attached to an aromatic ring is 1. The number of nitrogens with two attached hydrogens (primary N) is 1. The summed E-state index contributed by atoms with van der Waals surface area (Å²) in [5, 5.41) is 12.5. The first-order valence-electron chi connectivity index (χ1n) is 11.9. The lowest BCUT2D eigenvalue weighted by Crippen LogP contribution is -2.38. The molecular formula is C24H32N5O7P. The van der Waals surface area contributed by atoms with Crippen LogP contribution in [0.15, 0.2) is 47.4 Å². The van der Waals surface area contributed by atoms with Crippen LogP contribution in [0.3, 0.4) is 0 Å². The molecule has 1 aliphatic heterocycles. The Morgan fingerprint density at radius 1 is 1.38 bits per heavy atom. The first-order chi connectivity index (χ1) is 17.5. The van der Waals surface area contributed by atoms with Crippen molar-refractivity contribution in [2.24, 2.45) is 5.41 Å². The zero-order valence-electron chi connectivity index (χ0n) is 21.2. The molecule has 0 aliphatic carbocycles. The minimum absolute atomic E-state index is 0.0457. The molecule has 0 saturated carbocycles. The number of nitrogens with one attached hydrogen (secondary N) is 1. The van der Waals surface area contributed by atoms with Gasteiger partial charge in [0.15, 0.2) is 6.23 Å². The number of nitriles is 1. The summed E-state index contributed by atoms with van der Waals surface area (Å²) in [5.41, 5.74) is 3.80. The molecule has 5 atom stereocenters. The molecule has 3 N–H and O–H groups in total. The number of nitrogens with zero attached hydrogens (tertiary/aromatic N) is 3. The van der Waals surface area contributed by atoms with Gasteiger partial charge in [0.2, 0.25) is 0 Å². The van der Waals surface area contributed by atoms with E-state index in [4.69, 9.17) is 24.3 Å². The van der Waals surface area contributed by atoms with Crippen molar-refractivity contribution in [1.82, 2.24) is 14.6 Å². The van der Waals surface area contributed by atoms with Crippen LogP contribution in [0.4, 0.5) is 5.82 Å². The van der Waals surface area contributed by atoms with E-state index in [-0.39, 0.29) is 37.1 Å². The van der Waals surface area contributed by atoms with Crippen molar-refractivity contribution < 1.29 is 27.9 Å². The molecule has 1 aliphatic rings. The van der Waals surface area contributed by atoms with Crippen LogP contribution in [0, 0.1) is 16.7 Å². The molecule has 5 unspecified atom stereocenters. The zero-order valence-corrected chi connectivity index (χ0v) is 22.1. The Morgan fingerprint density at radius 3 is 2.68 bits per heavy atom. The third kappa shape index (κ3) is 7.17. The van der Waals surface area contributed by atoms with Gasteiger partial charge in [0.05, 0.1) is 24.9 Å². The van der Waals surface area contributed by atoms with Gasteiger partial charge in [0.1, 0.15) is 23.0 Å². The van der Waals surface area contributed by atoms with Gasteiger partial charge in [-0.15, -0.1) is 0 Å². The van der Waals surface area contributed by atoms with Gasteiger partial charge in [-0.25, -0.2) is 9.36 Å². The minimum atomic E-state index is -4.13. The number of para-hydroxylation sites is 1. The number of hydrogen-bond donors (Lipinski definition) is 2. The highest BCUT2D eigenvalue weighted by Gasteiger charge is 2.48. The summed E-state index contributed by atoms with van der Waals surface area (Å²) in [6.07, 6.45) is -0.223. The minimum Gasteiger partial charge on any atom is -0.462 e. The lowest BCUT2D eigenvalue weighted by atomic mass is 9.87. The van der Waals surface area contributed by atoms with Gasteiger partial charge in [-0.3, -0.25) is 13.9 Å². The Morgan fingerprint density at radius 2 is 2.08 bits per heavy atom. The van der Waals surface area contributed by atoms with Gasteiger partial charge in [-0.2, -0.15) is 15.3 Å². The van der Waals surface area contributed by atoms with Crippen molar-refractivity contribution in [3.05, 3.63) is 53.1 Å². The topological polar surface area (TPSA) is 168 Å². The quantitative estimate of drug-likeness (QED) is 0.321. The van der Waals surface area contributed by atoms with Gasteiger partial charge in [-0.1, -0.05) is 25.1 Å². The van der Waals surface area contributed by atoms with Gasteiger partial charge < -0.3 is 19.7 Å². The van der Waals surface area contributed by atoms with Gasteiger partial charge >= 0.3 is 19.4 Å². The molecule has 2 aromatic rings. The van der Waals surface area contributed by atoms with Crippen molar-refractivity contribution in [2.45, 2.75) is 65.0 Å². The number of rotatable bonds is 11. The highest BCUT2D eigenvalue weighted by atomic mass is 31.2. The fourth-order valence-corrected chi connectivity index (χ4v) is 5.45. The molecule has 1 aromatic heterocycles. The van der Waals surface area contributed by atoms with Crippen molar-refractivity contribution >= 4 is 19.5 Å². The third-order valence-electron chi connectivity index (χ3n) is 5.64. The Hall–Kier alpha value is -3.23. The molecule has 13 heteroatoms. The first-order valence-corrected chi connectivity index (χ1v) is 13.4. The molecule has 1 aromatic carbocycles. The normalized spacial score (nSPS) is 23.7. The number of carbonyl (C=O) groups excluding carboxylic acids is 1. The van der Waals surface area contributed by atoms with E-state index >= 15 is 0 Å². The first kappa shape index (κ1) is 28.3. The number of aromatic nitrogens is 2. The van der Waals surface area contributed by atoms with Crippen LogP contribution >= 0.6 is 7.75 Å². The van der Waals surface area contributed by atoms with Gasteiger partial charge in [0, 0.05) is 6.20 Å². The van der Waals surface area contributed by atoms with E-state index in [0.29, 0.717) is 0 Å². The lowest BCUT2D eigenvalue weighted by molar-refractivity contribution is -0.149. The second-order valence-electron chi connectivity index (χ2n) is 9.16. The van der Waals surface area contributed by atoms with Crippen molar-refractivity contribution in [3.8, 4) is 11.8 Å². The maximum atomic E-state index is 13.8. The predicted molar refractivity (Wildman–Crippen MR) is 134 cm³/mol. The standard InChI is InChI=1S/C24H32N5O7P/c1-5-19(21(30)34-16(2)3)28-37(32,36-17-9-7-6-8-10-17)33-14-18-13-24(4,15-25)22(35-18)29-12-11-20(26)27-23(29)31/h6-12,16,18-19,22H,5,13-14H2,1-4H3,(H,28,32)(H2,26,27,31). The highest BCUT2D eigenvalue weighted by molar-refractivity contribution is 7.52. The molecule has 0 spiro atoms. The number of carbonyl (C=O) groups is 1. The second kappa shape index (κ2) is 11.9. The molecule has 37 heavy (non-hydrogen) atoms. The molecule has 1 fully saturated rings. The Labute approximate surface area is 215 Å². The summed E-state index contributed by atoms with van der Waals surface area (Å²) in [4.78, 5) is 28.6. The monoisotopic (exact) mass is 533 g/mol. The third-order valence-corrected chi connectivity index (χ3v) is 7.20. The molecule has 2 heterocycles. The van der Waals surface area contributed by atoms with Gasteiger partial charge in [-0.05, 0) is 51.8 Å². The molecule has 12 nitrogen and oxygen atoms in total. The Bertz CT molecular complexity index is 1230. The molecular weight excluding hydrogens is 501 g/mol. The summed E-state index contributed by atoms with van der Waals surface area (Å²) >= 11 is 0.